The van der Waals surface area contributed by atoms with Crippen LogP contribution in [0.15, 0.2) is 48.5 Å². The van der Waals surface area contributed by atoms with E-state index < -0.39 is 36.2 Å². The highest BCUT2D eigenvalue weighted by Crippen LogP contribution is 2.28. The summed E-state index contributed by atoms with van der Waals surface area (Å²) < 4.78 is 10.6. The molecule has 1 atom stereocenters. The fourth-order valence-corrected chi connectivity index (χ4v) is 2.91. The lowest BCUT2D eigenvalue weighted by atomic mass is 10.1. The third-order valence-corrected chi connectivity index (χ3v) is 4.29. The van der Waals surface area contributed by atoms with E-state index in [1.54, 1.807) is 42.5 Å². The summed E-state index contributed by atoms with van der Waals surface area (Å²) >= 11 is 0. The van der Waals surface area contributed by atoms with Gasteiger partial charge in [0.25, 0.3) is 17.6 Å². The van der Waals surface area contributed by atoms with Crippen molar-refractivity contribution in [1.29, 1.82) is 0 Å². The molecule has 2 amide bonds. The van der Waals surface area contributed by atoms with Gasteiger partial charge in [-0.15, -0.1) is 0 Å². The molecular formula is C21H20N2O6. The summed E-state index contributed by atoms with van der Waals surface area (Å²) in [5.74, 6) is -2.32. The highest BCUT2D eigenvalue weighted by atomic mass is 16.5. The van der Waals surface area contributed by atoms with Gasteiger partial charge >= 0.3 is 5.97 Å². The molecule has 1 heterocycles. The number of Topliss-reactive ketones (excluding diaryl/α,β-unsaturated/α-hetero) is 1. The molecular weight excluding hydrogens is 376 g/mol. The SMILES string of the molecule is CCOc1ccccc1NC(=O)[C@@H](C)OC(=O)CN1C(=O)C(=O)c2ccccc21. The first kappa shape index (κ1) is 20.1. The van der Waals surface area contributed by atoms with Gasteiger partial charge < -0.3 is 14.8 Å². The molecule has 1 aliphatic rings. The Kier molecular flexibility index (Phi) is 5.92. The minimum absolute atomic E-state index is 0.239. The van der Waals surface area contributed by atoms with Crippen LogP contribution >= 0.6 is 0 Å². The number of anilines is 2. The quantitative estimate of drug-likeness (QED) is 0.569. The Balaban J connectivity index is 1.62. The zero-order chi connectivity index (χ0) is 21.0. The van der Waals surface area contributed by atoms with Gasteiger partial charge in [-0.3, -0.25) is 24.1 Å². The van der Waals surface area contributed by atoms with E-state index in [-0.39, 0.29) is 5.56 Å². The maximum atomic E-state index is 12.4. The molecule has 2 aromatic rings. The topological polar surface area (TPSA) is 102 Å². The summed E-state index contributed by atoms with van der Waals surface area (Å²) in [5, 5.41) is 2.65. The monoisotopic (exact) mass is 396 g/mol. The lowest BCUT2D eigenvalue weighted by molar-refractivity contribution is -0.152. The minimum Gasteiger partial charge on any atom is -0.492 e. The average Bonchev–Trinajstić information content (AvgIpc) is 2.94. The highest BCUT2D eigenvalue weighted by Gasteiger charge is 2.37. The number of benzene rings is 2. The van der Waals surface area contributed by atoms with Gasteiger partial charge in [-0.05, 0) is 38.1 Å². The molecule has 1 N–H and O–H groups in total. The van der Waals surface area contributed by atoms with Crippen molar-refractivity contribution >= 4 is 34.9 Å². The van der Waals surface area contributed by atoms with E-state index in [1.807, 2.05) is 6.92 Å². The van der Waals surface area contributed by atoms with Crippen molar-refractivity contribution in [2.75, 3.05) is 23.4 Å². The fourth-order valence-electron chi connectivity index (χ4n) is 2.91. The van der Waals surface area contributed by atoms with Crippen molar-refractivity contribution in [1.82, 2.24) is 0 Å². The second kappa shape index (κ2) is 8.55. The number of hydrogen-bond donors (Lipinski definition) is 1. The van der Waals surface area contributed by atoms with Crippen LogP contribution in [0.25, 0.3) is 0 Å². The molecule has 0 fully saturated rings. The van der Waals surface area contributed by atoms with Gasteiger partial charge in [-0.2, -0.15) is 0 Å². The van der Waals surface area contributed by atoms with Crippen LogP contribution in [0.4, 0.5) is 11.4 Å². The first-order valence-corrected chi connectivity index (χ1v) is 9.09. The second-order valence-corrected chi connectivity index (χ2v) is 6.29. The molecule has 0 aliphatic carbocycles. The van der Waals surface area contributed by atoms with Gasteiger partial charge in [0.2, 0.25) is 0 Å². The summed E-state index contributed by atoms with van der Waals surface area (Å²) in [4.78, 5) is 49.8. The highest BCUT2D eigenvalue weighted by molar-refractivity contribution is 6.52. The Labute approximate surface area is 167 Å². The van der Waals surface area contributed by atoms with Gasteiger partial charge in [-0.1, -0.05) is 24.3 Å². The van der Waals surface area contributed by atoms with Crippen LogP contribution in [0.5, 0.6) is 5.75 Å². The Morgan fingerprint density at radius 2 is 1.76 bits per heavy atom. The number of carbonyl (C=O) groups is 4. The van der Waals surface area contributed by atoms with E-state index in [1.165, 1.54) is 13.0 Å². The third kappa shape index (κ3) is 4.26. The molecule has 0 radical (unpaired) electrons. The van der Waals surface area contributed by atoms with E-state index in [9.17, 15) is 19.2 Å². The maximum Gasteiger partial charge on any atom is 0.326 e. The van der Waals surface area contributed by atoms with Crippen LogP contribution in [-0.4, -0.2) is 42.8 Å². The molecule has 0 saturated heterocycles. The van der Waals surface area contributed by atoms with Crippen molar-refractivity contribution in [3.8, 4) is 5.75 Å². The Hall–Kier alpha value is -3.68. The summed E-state index contributed by atoms with van der Waals surface area (Å²) in [5.41, 5.74) is 1.04. The number of carbonyl (C=O) groups excluding carboxylic acids is 4. The van der Waals surface area contributed by atoms with E-state index in [4.69, 9.17) is 9.47 Å². The van der Waals surface area contributed by atoms with Crippen molar-refractivity contribution in [3.63, 3.8) is 0 Å². The number of para-hydroxylation sites is 3. The lowest BCUT2D eigenvalue weighted by Crippen LogP contribution is -2.38. The fraction of sp³-hybridized carbons (Fsp3) is 0.238. The largest absolute Gasteiger partial charge is 0.492 e. The molecule has 0 bridgehead atoms. The van der Waals surface area contributed by atoms with Gasteiger partial charge in [0, 0.05) is 0 Å². The number of nitrogens with zero attached hydrogens (tertiary/aromatic N) is 1. The normalized spacial score (nSPS) is 13.7. The first-order valence-electron chi connectivity index (χ1n) is 9.09. The van der Waals surface area contributed by atoms with Crippen molar-refractivity contribution in [2.24, 2.45) is 0 Å². The number of esters is 1. The number of hydrogen-bond acceptors (Lipinski definition) is 6. The van der Waals surface area contributed by atoms with Gasteiger partial charge in [0.05, 0.1) is 23.5 Å². The third-order valence-electron chi connectivity index (χ3n) is 4.29. The number of nitrogens with one attached hydrogen (secondary N) is 1. The van der Waals surface area contributed by atoms with Crippen LogP contribution in [0.2, 0.25) is 0 Å². The van der Waals surface area contributed by atoms with Crippen molar-refractivity contribution in [2.45, 2.75) is 20.0 Å². The van der Waals surface area contributed by atoms with Crippen molar-refractivity contribution in [3.05, 3.63) is 54.1 Å². The van der Waals surface area contributed by atoms with Crippen molar-refractivity contribution < 1.29 is 28.7 Å². The van der Waals surface area contributed by atoms with E-state index in [2.05, 4.69) is 5.32 Å². The molecule has 0 spiro atoms. The number of amides is 2. The molecule has 0 aromatic heterocycles. The molecule has 0 saturated carbocycles. The molecule has 29 heavy (non-hydrogen) atoms. The maximum absolute atomic E-state index is 12.4. The molecule has 1 aliphatic heterocycles. The molecule has 2 aromatic carbocycles. The minimum atomic E-state index is -1.11. The summed E-state index contributed by atoms with van der Waals surface area (Å²) in [6.45, 7) is 3.21. The summed E-state index contributed by atoms with van der Waals surface area (Å²) in [6, 6.07) is 13.3. The number of ether oxygens (including phenoxy) is 2. The lowest BCUT2D eigenvalue weighted by Gasteiger charge is -2.18. The van der Waals surface area contributed by atoms with Gasteiger partial charge in [0.1, 0.15) is 12.3 Å². The van der Waals surface area contributed by atoms with Crippen LogP contribution in [-0.2, 0) is 19.1 Å². The molecule has 0 unspecified atom stereocenters. The standard InChI is InChI=1S/C21H20N2O6/c1-3-28-17-11-7-5-9-15(17)22-20(26)13(2)29-18(24)12-23-16-10-6-4-8-14(16)19(25)21(23)27/h4-11,13H,3,12H2,1-2H3,(H,22,26)/t13-/m1/s1. The van der Waals surface area contributed by atoms with Crippen LogP contribution in [0, 0.1) is 0 Å². The van der Waals surface area contributed by atoms with Crippen LogP contribution in [0.1, 0.15) is 24.2 Å². The number of rotatable bonds is 7. The molecule has 8 nitrogen and oxygen atoms in total. The second-order valence-electron chi connectivity index (χ2n) is 6.29. The number of fused-ring (bicyclic) bond motifs is 1. The van der Waals surface area contributed by atoms with Gasteiger partial charge in [-0.25, -0.2) is 0 Å². The predicted octanol–water partition coefficient (Wildman–Crippen LogP) is 2.18. The Bertz CT molecular complexity index is 971. The zero-order valence-electron chi connectivity index (χ0n) is 16.0. The van der Waals surface area contributed by atoms with E-state index in [0.29, 0.717) is 23.7 Å². The average molecular weight is 396 g/mol. The predicted molar refractivity (Wildman–Crippen MR) is 105 cm³/mol. The van der Waals surface area contributed by atoms with Crippen LogP contribution in [0.3, 0.4) is 0 Å². The smallest absolute Gasteiger partial charge is 0.326 e. The van der Waals surface area contributed by atoms with Crippen LogP contribution < -0.4 is 15.0 Å². The Morgan fingerprint density at radius 1 is 1.07 bits per heavy atom. The zero-order valence-corrected chi connectivity index (χ0v) is 16.0. The first-order chi connectivity index (χ1) is 13.9. The van der Waals surface area contributed by atoms with E-state index >= 15 is 0 Å². The summed E-state index contributed by atoms with van der Waals surface area (Å²) in [7, 11) is 0. The van der Waals surface area contributed by atoms with E-state index in [0.717, 1.165) is 4.90 Å². The molecule has 3 rings (SSSR count). The number of ketones is 1. The van der Waals surface area contributed by atoms with Gasteiger partial charge in [0.15, 0.2) is 6.10 Å². The molecule has 8 heteroatoms. The Morgan fingerprint density at radius 3 is 2.52 bits per heavy atom. The molecule has 150 valence electrons. The summed E-state index contributed by atoms with van der Waals surface area (Å²) in [6.07, 6.45) is -1.11.